The maximum absolute atomic E-state index is 12.7. The molecule has 1 saturated heterocycles. The fourth-order valence-electron chi connectivity index (χ4n) is 3.31. The Labute approximate surface area is 144 Å². The van der Waals surface area contributed by atoms with Gasteiger partial charge in [-0.1, -0.05) is 6.08 Å². The number of aromatic nitrogens is 4. The molecule has 1 amide bonds. The number of hydrogen-bond donors (Lipinski definition) is 1. The van der Waals surface area contributed by atoms with Crippen LogP contribution in [0.3, 0.4) is 0 Å². The molecule has 2 aliphatic rings. The summed E-state index contributed by atoms with van der Waals surface area (Å²) in [6.45, 7) is 1.18. The van der Waals surface area contributed by atoms with E-state index in [2.05, 4.69) is 21.1 Å². The van der Waals surface area contributed by atoms with Crippen molar-refractivity contribution in [1.29, 1.82) is 5.26 Å². The molecule has 25 heavy (non-hydrogen) atoms. The Balaban J connectivity index is 1.57. The number of hydrogen-bond acceptors (Lipinski definition) is 6. The standard InChI is InChI=1S/C17H19N7O/c18-7-12(6-11-3-4-11)17(25)23-5-1-2-13(9-23)24-16-14(8-22-24)15(19)20-10-21-16/h6,8,10-11,13H,1-5,9H2,(H2,19,20,21). The smallest absolute Gasteiger partial charge is 0.264 e. The molecule has 8 nitrogen and oxygen atoms in total. The predicted octanol–water partition coefficient (Wildman–Crippen LogP) is 1.43. The lowest BCUT2D eigenvalue weighted by Crippen LogP contribution is -2.41. The zero-order valence-corrected chi connectivity index (χ0v) is 13.8. The number of anilines is 1. The number of piperidine rings is 1. The minimum absolute atomic E-state index is 0.0189. The Morgan fingerprint density at radius 3 is 2.96 bits per heavy atom. The summed E-state index contributed by atoms with van der Waals surface area (Å²) in [4.78, 5) is 22.7. The van der Waals surface area contributed by atoms with Gasteiger partial charge in [-0.2, -0.15) is 10.4 Å². The summed E-state index contributed by atoms with van der Waals surface area (Å²) < 4.78 is 1.82. The van der Waals surface area contributed by atoms with Gasteiger partial charge in [-0.25, -0.2) is 14.6 Å². The van der Waals surface area contributed by atoms with E-state index in [1.807, 2.05) is 10.8 Å². The summed E-state index contributed by atoms with van der Waals surface area (Å²) in [6.07, 6.45) is 8.82. The number of amides is 1. The van der Waals surface area contributed by atoms with E-state index < -0.39 is 0 Å². The molecule has 0 aromatic carbocycles. The fourth-order valence-corrected chi connectivity index (χ4v) is 3.31. The quantitative estimate of drug-likeness (QED) is 0.669. The summed E-state index contributed by atoms with van der Waals surface area (Å²) in [5.41, 5.74) is 6.82. The van der Waals surface area contributed by atoms with Crippen molar-refractivity contribution in [3.8, 4) is 6.07 Å². The van der Waals surface area contributed by atoms with E-state index in [9.17, 15) is 10.1 Å². The molecule has 2 fully saturated rings. The highest BCUT2D eigenvalue weighted by Gasteiger charge is 2.30. The summed E-state index contributed by atoms with van der Waals surface area (Å²) in [7, 11) is 0. The van der Waals surface area contributed by atoms with Crippen LogP contribution in [0.15, 0.2) is 24.2 Å². The molecule has 0 spiro atoms. The van der Waals surface area contributed by atoms with E-state index >= 15 is 0 Å². The van der Waals surface area contributed by atoms with E-state index in [1.54, 1.807) is 11.1 Å². The van der Waals surface area contributed by atoms with E-state index in [4.69, 9.17) is 5.73 Å². The predicted molar refractivity (Wildman–Crippen MR) is 91.0 cm³/mol. The number of carbonyl (C=O) groups excluding carboxylic acids is 1. The van der Waals surface area contributed by atoms with Gasteiger partial charge in [0.05, 0.1) is 17.6 Å². The van der Waals surface area contributed by atoms with E-state index in [-0.39, 0.29) is 17.5 Å². The normalized spacial score (nSPS) is 21.3. The van der Waals surface area contributed by atoms with E-state index in [0.29, 0.717) is 30.5 Å². The third kappa shape index (κ3) is 2.93. The number of nitrogen functional groups attached to an aromatic ring is 1. The van der Waals surface area contributed by atoms with Crippen molar-refractivity contribution in [2.75, 3.05) is 18.8 Å². The van der Waals surface area contributed by atoms with E-state index in [1.165, 1.54) is 6.33 Å². The van der Waals surface area contributed by atoms with Gasteiger partial charge in [-0.15, -0.1) is 0 Å². The van der Waals surface area contributed by atoms with Gasteiger partial charge in [0.25, 0.3) is 5.91 Å². The monoisotopic (exact) mass is 337 g/mol. The SMILES string of the molecule is N#CC(=CC1CC1)C(=O)N1CCCC(n2ncc3c(N)ncnc32)C1. The largest absolute Gasteiger partial charge is 0.383 e. The maximum atomic E-state index is 12.7. The average Bonchev–Trinajstić information content (AvgIpc) is 3.35. The average molecular weight is 337 g/mol. The number of allylic oxidation sites excluding steroid dienone is 1. The van der Waals surface area contributed by atoms with Gasteiger partial charge in [0.2, 0.25) is 0 Å². The van der Waals surface area contributed by atoms with Crippen LogP contribution in [0, 0.1) is 17.2 Å². The van der Waals surface area contributed by atoms with Gasteiger partial charge in [0.15, 0.2) is 5.65 Å². The lowest BCUT2D eigenvalue weighted by Gasteiger charge is -2.32. The zero-order chi connectivity index (χ0) is 17.4. The Bertz CT molecular complexity index is 890. The maximum Gasteiger partial charge on any atom is 0.264 e. The summed E-state index contributed by atoms with van der Waals surface area (Å²) >= 11 is 0. The first kappa shape index (κ1) is 15.6. The van der Waals surface area contributed by atoms with Crippen molar-refractivity contribution in [3.63, 3.8) is 0 Å². The minimum atomic E-state index is -0.176. The first-order valence-corrected chi connectivity index (χ1v) is 8.52. The molecule has 1 atom stereocenters. The van der Waals surface area contributed by atoms with Gasteiger partial charge < -0.3 is 10.6 Å². The second-order valence-electron chi connectivity index (χ2n) is 6.66. The Morgan fingerprint density at radius 1 is 1.36 bits per heavy atom. The third-order valence-corrected chi connectivity index (χ3v) is 4.83. The van der Waals surface area contributed by atoms with Crippen LogP contribution < -0.4 is 5.73 Å². The second-order valence-corrected chi connectivity index (χ2v) is 6.66. The molecule has 1 unspecified atom stereocenters. The number of nitrogens with two attached hydrogens (primary N) is 1. The molecule has 1 aliphatic heterocycles. The van der Waals surface area contributed by atoms with Gasteiger partial charge in [-0.05, 0) is 31.6 Å². The summed E-state index contributed by atoms with van der Waals surface area (Å²) in [5, 5.41) is 14.4. The Hall–Kier alpha value is -2.95. The van der Waals surface area contributed by atoms with Crippen molar-refractivity contribution < 1.29 is 4.79 Å². The first-order chi connectivity index (χ1) is 12.2. The molecular weight excluding hydrogens is 318 g/mol. The fraction of sp³-hybridized carbons (Fsp3) is 0.471. The minimum Gasteiger partial charge on any atom is -0.383 e. The molecule has 2 aromatic heterocycles. The Morgan fingerprint density at radius 2 is 2.20 bits per heavy atom. The highest BCUT2D eigenvalue weighted by Crippen LogP contribution is 2.32. The van der Waals surface area contributed by atoms with Crippen LogP contribution in [0.1, 0.15) is 31.7 Å². The van der Waals surface area contributed by atoms with Gasteiger partial charge in [-0.3, -0.25) is 4.79 Å². The van der Waals surface area contributed by atoms with Crippen molar-refractivity contribution in [3.05, 3.63) is 24.2 Å². The van der Waals surface area contributed by atoms with E-state index in [0.717, 1.165) is 31.1 Å². The molecule has 1 saturated carbocycles. The first-order valence-electron chi connectivity index (χ1n) is 8.52. The van der Waals surface area contributed by atoms with Crippen LogP contribution in [-0.2, 0) is 4.79 Å². The Kier molecular flexibility index (Phi) is 3.84. The molecule has 4 rings (SSSR count). The molecule has 0 radical (unpaired) electrons. The zero-order valence-electron chi connectivity index (χ0n) is 13.8. The number of likely N-dealkylation sites (tertiary alicyclic amines) is 1. The van der Waals surface area contributed by atoms with Crippen LogP contribution in [0.25, 0.3) is 11.0 Å². The molecule has 3 heterocycles. The second kappa shape index (κ2) is 6.16. The number of fused-ring (bicyclic) bond motifs is 1. The molecule has 8 heteroatoms. The molecular formula is C17H19N7O. The number of rotatable bonds is 3. The van der Waals surface area contributed by atoms with Crippen LogP contribution in [0.2, 0.25) is 0 Å². The summed E-state index contributed by atoms with van der Waals surface area (Å²) in [5.74, 6) is 0.623. The van der Waals surface area contributed by atoms with Crippen LogP contribution in [0.4, 0.5) is 5.82 Å². The van der Waals surface area contributed by atoms with Crippen LogP contribution >= 0.6 is 0 Å². The number of carbonyl (C=O) groups is 1. The van der Waals surface area contributed by atoms with Gasteiger partial charge in [0, 0.05) is 13.1 Å². The lowest BCUT2D eigenvalue weighted by atomic mass is 10.0. The summed E-state index contributed by atoms with van der Waals surface area (Å²) in [6, 6.07) is 2.09. The van der Waals surface area contributed by atoms with Crippen molar-refractivity contribution in [2.45, 2.75) is 31.7 Å². The molecule has 2 aromatic rings. The topological polar surface area (TPSA) is 114 Å². The third-order valence-electron chi connectivity index (χ3n) is 4.83. The van der Waals surface area contributed by atoms with Gasteiger partial charge in [0.1, 0.15) is 23.8 Å². The van der Waals surface area contributed by atoms with Crippen molar-refractivity contribution in [2.24, 2.45) is 5.92 Å². The molecule has 2 N–H and O–H groups in total. The highest BCUT2D eigenvalue weighted by atomic mass is 16.2. The van der Waals surface area contributed by atoms with Crippen molar-refractivity contribution in [1.82, 2.24) is 24.6 Å². The van der Waals surface area contributed by atoms with Crippen LogP contribution in [-0.4, -0.2) is 43.6 Å². The molecule has 1 aliphatic carbocycles. The van der Waals surface area contributed by atoms with Crippen LogP contribution in [0.5, 0.6) is 0 Å². The van der Waals surface area contributed by atoms with Gasteiger partial charge >= 0.3 is 0 Å². The number of nitriles is 1. The molecule has 128 valence electrons. The lowest BCUT2D eigenvalue weighted by molar-refractivity contribution is -0.128. The number of nitrogens with zero attached hydrogens (tertiary/aromatic N) is 6. The highest BCUT2D eigenvalue weighted by molar-refractivity contribution is 5.97. The van der Waals surface area contributed by atoms with Crippen molar-refractivity contribution >= 4 is 22.8 Å². The molecule has 0 bridgehead atoms.